The maximum absolute atomic E-state index is 12.6. The van der Waals surface area contributed by atoms with E-state index in [0.717, 1.165) is 23.4 Å². The molecular weight excluding hydrogens is 364 g/mol. The van der Waals surface area contributed by atoms with Crippen LogP contribution >= 0.6 is 0 Å². The Labute approximate surface area is 160 Å². The first-order chi connectivity index (χ1) is 12.9. The number of carbonyl (C=O) groups excluding carboxylic acids is 1. The van der Waals surface area contributed by atoms with Crippen LogP contribution in [0, 0.1) is 6.92 Å². The molecule has 0 aromatic heterocycles. The lowest BCUT2D eigenvalue weighted by atomic mass is 10.2. The van der Waals surface area contributed by atoms with Gasteiger partial charge in [0, 0.05) is 18.7 Å². The third kappa shape index (κ3) is 4.67. The van der Waals surface area contributed by atoms with Gasteiger partial charge >= 0.3 is 0 Å². The first-order valence-electron chi connectivity index (χ1n) is 8.98. The highest BCUT2D eigenvalue weighted by molar-refractivity contribution is 7.89. The molecule has 0 radical (unpaired) electrons. The second kappa shape index (κ2) is 8.10. The summed E-state index contributed by atoms with van der Waals surface area (Å²) in [6.45, 7) is 4.60. The van der Waals surface area contributed by atoms with Crippen LogP contribution in [0.2, 0.25) is 0 Å². The number of carbonyl (C=O) groups is 1. The molecule has 1 fully saturated rings. The van der Waals surface area contributed by atoms with Gasteiger partial charge in [0.2, 0.25) is 15.9 Å². The molecule has 0 saturated carbocycles. The minimum absolute atomic E-state index is 0.0747. The van der Waals surface area contributed by atoms with Gasteiger partial charge in [-0.3, -0.25) is 4.79 Å². The lowest BCUT2D eigenvalue weighted by molar-refractivity contribution is -0.117. The maximum atomic E-state index is 12.6. The van der Waals surface area contributed by atoms with Crippen molar-refractivity contribution in [1.29, 1.82) is 0 Å². The van der Waals surface area contributed by atoms with Gasteiger partial charge in [-0.15, -0.1) is 0 Å². The zero-order valence-corrected chi connectivity index (χ0v) is 16.3. The standard InChI is InChI=1S/C20H24N2O4S/c1-15-6-3-4-7-19(15)26-14-16(2)21-27(24,25)18-11-9-17(10-12-18)22-13-5-8-20(22)23/h3-4,6-7,9-12,16,21H,5,8,13-14H2,1-2H3. The molecule has 1 atom stereocenters. The van der Waals surface area contributed by atoms with Crippen molar-refractivity contribution in [2.75, 3.05) is 18.1 Å². The van der Waals surface area contributed by atoms with E-state index in [-0.39, 0.29) is 17.4 Å². The van der Waals surface area contributed by atoms with Gasteiger partial charge in [-0.2, -0.15) is 0 Å². The van der Waals surface area contributed by atoms with E-state index < -0.39 is 16.1 Å². The quantitative estimate of drug-likeness (QED) is 0.791. The number of hydrogen-bond donors (Lipinski definition) is 1. The molecule has 0 spiro atoms. The van der Waals surface area contributed by atoms with Gasteiger partial charge in [0.05, 0.1) is 10.9 Å². The van der Waals surface area contributed by atoms with Crippen molar-refractivity contribution in [1.82, 2.24) is 4.72 Å². The topological polar surface area (TPSA) is 75.7 Å². The number of ether oxygens (including phenoxy) is 1. The van der Waals surface area contributed by atoms with Gasteiger partial charge < -0.3 is 9.64 Å². The molecule has 1 unspecified atom stereocenters. The summed E-state index contributed by atoms with van der Waals surface area (Å²) in [6.07, 6.45) is 1.37. The van der Waals surface area contributed by atoms with Crippen LogP contribution in [0.1, 0.15) is 25.3 Å². The molecule has 1 heterocycles. The Bertz CT molecular complexity index is 910. The fourth-order valence-corrected chi connectivity index (χ4v) is 4.25. The van der Waals surface area contributed by atoms with Crippen LogP contribution in [0.3, 0.4) is 0 Å². The number of rotatable bonds is 7. The highest BCUT2D eigenvalue weighted by Crippen LogP contribution is 2.23. The van der Waals surface area contributed by atoms with Crippen molar-refractivity contribution < 1.29 is 17.9 Å². The Hall–Kier alpha value is -2.38. The van der Waals surface area contributed by atoms with Crippen LogP contribution in [-0.2, 0) is 14.8 Å². The summed E-state index contributed by atoms with van der Waals surface area (Å²) in [5.41, 5.74) is 1.73. The molecule has 144 valence electrons. The SMILES string of the molecule is Cc1ccccc1OCC(C)NS(=O)(=O)c1ccc(N2CCCC2=O)cc1. The first-order valence-corrected chi connectivity index (χ1v) is 10.5. The third-order valence-corrected chi connectivity index (χ3v) is 6.08. The summed E-state index contributed by atoms with van der Waals surface area (Å²) in [5, 5.41) is 0. The number of anilines is 1. The van der Waals surface area contributed by atoms with Crippen molar-refractivity contribution in [3.63, 3.8) is 0 Å². The third-order valence-electron chi connectivity index (χ3n) is 4.47. The van der Waals surface area contributed by atoms with Gasteiger partial charge in [0.1, 0.15) is 12.4 Å². The van der Waals surface area contributed by atoms with E-state index in [1.807, 2.05) is 31.2 Å². The van der Waals surface area contributed by atoms with E-state index in [1.165, 1.54) is 12.1 Å². The molecule has 1 saturated heterocycles. The summed E-state index contributed by atoms with van der Waals surface area (Å²) >= 11 is 0. The fraction of sp³-hybridized carbons (Fsp3) is 0.350. The highest BCUT2D eigenvalue weighted by Gasteiger charge is 2.23. The number of amides is 1. The van der Waals surface area contributed by atoms with Gasteiger partial charge in [-0.05, 0) is 56.2 Å². The Balaban J connectivity index is 1.62. The van der Waals surface area contributed by atoms with Crippen LogP contribution in [0.25, 0.3) is 0 Å². The number of hydrogen-bond acceptors (Lipinski definition) is 4. The van der Waals surface area contributed by atoms with Crippen LogP contribution in [0.4, 0.5) is 5.69 Å². The van der Waals surface area contributed by atoms with Crippen LogP contribution < -0.4 is 14.4 Å². The van der Waals surface area contributed by atoms with Crippen LogP contribution in [0.15, 0.2) is 53.4 Å². The van der Waals surface area contributed by atoms with Crippen LogP contribution in [0.5, 0.6) is 5.75 Å². The average Bonchev–Trinajstić information content (AvgIpc) is 3.07. The normalized spacial score (nSPS) is 15.8. The predicted molar refractivity (Wildman–Crippen MR) is 104 cm³/mol. The molecule has 1 amide bonds. The zero-order chi connectivity index (χ0) is 19.4. The van der Waals surface area contributed by atoms with Crippen molar-refractivity contribution in [2.45, 2.75) is 37.6 Å². The molecule has 1 aliphatic heterocycles. The summed E-state index contributed by atoms with van der Waals surface area (Å²) in [4.78, 5) is 13.6. The monoisotopic (exact) mass is 388 g/mol. The van der Waals surface area contributed by atoms with Gasteiger partial charge in [-0.25, -0.2) is 13.1 Å². The van der Waals surface area contributed by atoms with Crippen molar-refractivity contribution in [2.24, 2.45) is 0 Å². The summed E-state index contributed by atoms with van der Waals surface area (Å²) in [7, 11) is -3.66. The number of nitrogens with zero attached hydrogens (tertiary/aromatic N) is 1. The fourth-order valence-electron chi connectivity index (χ4n) is 3.03. The van der Waals surface area contributed by atoms with E-state index in [1.54, 1.807) is 24.0 Å². The Morgan fingerprint density at radius 1 is 1.15 bits per heavy atom. The van der Waals surface area contributed by atoms with E-state index in [0.29, 0.717) is 13.0 Å². The molecular formula is C20H24N2O4S. The lowest BCUT2D eigenvalue weighted by Gasteiger charge is -2.18. The summed E-state index contributed by atoms with van der Waals surface area (Å²) in [5.74, 6) is 0.814. The van der Waals surface area contributed by atoms with E-state index in [9.17, 15) is 13.2 Å². The summed E-state index contributed by atoms with van der Waals surface area (Å²) < 4.78 is 33.5. The molecule has 0 aliphatic carbocycles. The smallest absolute Gasteiger partial charge is 0.240 e. The number of benzene rings is 2. The molecule has 6 nitrogen and oxygen atoms in total. The molecule has 1 N–H and O–H groups in total. The molecule has 1 aliphatic rings. The second-order valence-corrected chi connectivity index (χ2v) is 8.46. The first kappa shape index (κ1) is 19.4. The Morgan fingerprint density at radius 3 is 2.48 bits per heavy atom. The van der Waals surface area contributed by atoms with Gasteiger partial charge in [-0.1, -0.05) is 18.2 Å². The Kier molecular flexibility index (Phi) is 5.82. The number of sulfonamides is 1. The summed E-state index contributed by atoms with van der Waals surface area (Å²) in [6, 6.07) is 13.6. The Morgan fingerprint density at radius 2 is 1.85 bits per heavy atom. The predicted octanol–water partition coefficient (Wildman–Crippen LogP) is 2.87. The van der Waals surface area contributed by atoms with Crippen LogP contribution in [-0.4, -0.2) is 33.5 Å². The second-order valence-electron chi connectivity index (χ2n) is 6.74. The van der Waals surface area contributed by atoms with Crippen molar-refractivity contribution in [3.8, 4) is 5.75 Å². The molecule has 0 bridgehead atoms. The number of para-hydroxylation sites is 1. The van der Waals surface area contributed by atoms with Gasteiger partial charge in [0.15, 0.2) is 0 Å². The minimum Gasteiger partial charge on any atom is -0.492 e. The minimum atomic E-state index is -3.66. The number of nitrogens with one attached hydrogen (secondary N) is 1. The van der Waals surface area contributed by atoms with E-state index >= 15 is 0 Å². The molecule has 7 heteroatoms. The van der Waals surface area contributed by atoms with E-state index in [4.69, 9.17) is 4.74 Å². The largest absolute Gasteiger partial charge is 0.492 e. The van der Waals surface area contributed by atoms with Crippen molar-refractivity contribution in [3.05, 3.63) is 54.1 Å². The average molecular weight is 388 g/mol. The highest BCUT2D eigenvalue weighted by atomic mass is 32.2. The van der Waals surface area contributed by atoms with Gasteiger partial charge in [0.25, 0.3) is 0 Å². The molecule has 3 rings (SSSR count). The maximum Gasteiger partial charge on any atom is 0.240 e. The molecule has 27 heavy (non-hydrogen) atoms. The molecule has 2 aromatic rings. The lowest BCUT2D eigenvalue weighted by Crippen LogP contribution is -2.36. The number of aryl methyl sites for hydroxylation is 1. The van der Waals surface area contributed by atoms with E-state index in [2.05, 4.69) is 4.72 Å². The zero-order valence-electron chi connectivity index (χ0n) is 15.5. The van der Waals surface area contributed by atoms with Crippen molar-refractivity contribution >= 4 is 21.6 Å². The molecule has 2 aromatic carbocycles.